The highest BCUT2D eigenvalue weighted by Crippen LogP contribution is 2.26. The van der Waals surface area contributed by atoms with Crippen LogP contribution in [0.15, 0.2) is 11.6 Å². The van der Waals surface area contributed by atoms with Crippen LogP contribution in [0.25, 0.3) is 0 Å². The van der Waals surface area contributed by atoms with Gasteiger partial charge in [0, 0.05) is 36.2 Å². The number of nitrogens with one attached hydrogen (secondary N) is 1. The lowest BCUT2D eigenvalue weighted by atomic mass is 10.0. The van der Waals surface area contributed by atoms with E-state index in [-0.39, 0.29) is 5.54 Å². The van der Waals surface area contributed by atoms with E-state index in [1.807, 2.05) is 6.20 Å². The summed E-state index contributed by atoms with van der Waals surface area (Å²) in [6.07, 6.45) is 5.83. The minimum Gasteiger partial charge on any atom is -0.344 e. The Hall–Kier alpha value is -0.610. The van der Waals surface area contributed by atoms with Crippen molar-refractivity contribution in [2.24, 2.45) is 0 Å². The number of nitrogens with zero attached hydrogens (tertiary/aromatic N) is 2. The molecule has 2 rings (SSSR count). The van der Waals surface area contributed by atoms with Crippen molar-refractivity contribution in [3.05, 3.63) is 11.6 Å². The van der Waals surface area contributed by atoms with E-state index in [9.17, 15) is 0 Å². The van der Waals surface area contributed by atoms with Crippen molar-refractivity contribution >= 4 is 16.5 Å². The smallest absolute Gasteiger partial charge is 0.185 e. The van der Waals surface area contributed by atoms with Crippen LogP contribution in [0, 0.1) is 0 Å². The number of hydrogen-bond donors (Lipinski definition) is 1. The summed E-state index contributed by atoms with van der Waals surface area (Å²) in [5, 5.41) is 6.87. The minimum atomic E-state index is 0.200. The molecule has 0 aliphatic carbocycles. The number of aromatic nitrogens is 1. The van der Waals surface area contributed by atoms with Crippen LogP contribution in [-0.2, 0) is 0 Å². The molecular formula is C13H23N3S. The molecule has 1 atom stereocenters. The Morgan fingerprint density at radius 3 is 2.94 bits per heavy atom. The lowest BCUT2D eigenvalue weighted by Crippen LogP contribution is -2.49. The van der Waals surface area contributed by atoms with Crippen molar-refractivity contribution < 1.29 is 0 Å². The van der Waals surface area contributed by atoms with Crippen LogP contribution >= 0.6 is 11.3 Å². The Balaban J connectivity index is 1.98. The van der Waals surface area contributed by atoms with Crippen molar-refractivity contribution in [1.29, 1.82) is 0 Å². The summed E-state index contributed by atoms with van der Waals surface area (Å²) in [5.74, 6) is 0. The summed E-state index contributed by atoms with van der Waals surface area (Å²) in [7, 11) is 0. The maximum Gasteiger partial charge on any atom is 0.185 e. The van der Waals surface area contributed by atoms with E-state index in [4.69, 9.17) is 0 Å². The second-order valence-electron chi connectivity index (χ2n) is 5.79. The van der Waals surface area contributed by atoms with Crippen LogP contribution in [0.2, 0.25) is 0 Å². The molecule has 96 valence electrons. The Morgan fingerprint density at radius 2 is 2.29 bits per heavy atom. The zero-order valence-electron chi connectivity index (χ0n) is 11.1. The highest BCUT2D eigenvalue weighted by molar-refractivity contribution is 7.13. The molecular weight excluding hydrogens is 230 g/mol. The highest BCUT2D eigenvalue weighted by Gasteiger charge is 2.25. The molecule has 0 spiro atoms. The first-order valence-electron chi connectivity index (χ1n) is 6.47. The molecule has 0 amide bonds. The quantitative estimate of drug-likeness (QED) is 0.898. The van der Waals surface area contributed by atoms with E-state index in [1.54, 1.807) is 11.3 Å². The molecule has 2 heterocycles. The van der Waals surface area contributed by atoms with Crippen LogP contribution in [-0.4, -0.2) is 29.7 Å². The van der Waals surface area contributed by atoms with Crippen LogP contribution in [0.5, 0.6) is 0 Å². The third-order valence-electron chi connectivity index (χ3n) is 3.16. The maximum absolute atomic E-state index is 4.45. The van der Waals surface area contributed by atoms with Gasteiger partial charge in [-0.3, -0.25) is 0 Å². The fourth-order valence-electron chi connectivity index (χ4n) is 2.25. The van der Waals surface area contributed by atoms with Gasteiger partial charge in [0.2, 0.25) is 0 Å². The van der Waals surface area contributed by atoms with Gasteiger partial charge in [-0.15, -0.1) is 11.3 Å². The van der Waals surface area contributed by atoms with Crippen LogP contribution in [0.3, 0.4) is 0 Å². The van der Waals surface area contributed by atoms with E-state index in [0.29, 0.717) is 6.04 Å². The van der Waals surface area contributed by atoms with E-state index in [2.05, 4.69) is 41.4 Å². The van der Waals surface area contributed by atoms with Crippen LogP contribution in [0.1, 0.15) is 40.0 Å². The minimum absolute atomic E-state index is 0.200. The number of piperidine rings is 1. The summed E-state index contributed by atoms with van der Waals surface area (Å²) >= 11 is 1.75. The van der Waals surface area contributed by atoms with E-state index >= 15 is 0 Å². The van der Waals surface area contributed by atoms with Gasteiger partial charge in [-0.2, -0.15) is 0 Å². The molecule has 1 unspecified atom stereocenters. The second kappa shape index (κ2) is 5.36. The van der Waals surface area contributed by atoms with Crippen molar-refractivity contribution in [3.8, 4) is 0 Å². The molecule has 3 nitrogen and oxygen atoms in total. The lowest BCUT2D eigenvalue weighted by molar-refractivity contribution is 0.366. The summed E-state index contributed by atoms with van der Waals surface area (Å²) < 4.78 is 0. The molecule has 0 bridgehead atoms. The monoisotopic (exact) mass is 253 g/mol. The highest BCUT2D eigenvalue weighted by atomic mass is 32.1. The van der Waals surface area contributed by atoms with Crippen molar-refractivity contribution in [1.82, 2.24) is 10.3 Å². The Bertz CT molecular complexity index is 329. The maximum atomic E-state index is 4.45. The fraction of sp³-hybridized carbons (Fsp3) is 0.769. The van der Waals surface area contributed by atoms with Gasteiger partial charge >= 0.3 is 0 Å². The Morgan fingerprint density at radius 1 is 1.47 bits per heavy atom. The Kier molecular flexibility index (Phi) is 4.05. The van der Waals surface area contributed by atoms with Gasteiger partial charge in [-0.1, -0.05) is 0 Å². The first-order valence-corrected chi connectivity index (χ1v) is 7.35. The molecule has 17 heavy (non-hydrogen) atoms. The van der Waals surface area contributed by atoms with Gasteiger partial charge in [0.1, 0.15) is 0 Å². The number of hydrogen-bond acceptors (Lipinski definition) is 4. The van der Waals surface area contributed by atoms with Crippen LogP contribution < -0.4 is 10.2 Å². The van der Waals surface area contributed by atoms with Gasteiger partial charge in [0.05, 0.1) is 0 Å². The van der Waals surface area contributed by atoms with Crippen LogP contribution in [0.4, 0.5) is 5.13 Å². The zero-order chi connectivity index (χ0) is 12.3. The molecule has 0 saturated carbocycles. The van der Waals surface area contributed by atoms with Gasteiger partial charge in [-0.25, -0.2) is 4.98 Å². The summed E-state index contributed by atoms with van der Waals surface area (Å²) in [6, 6.07) is 0.606. The number of thiazole rings is 1. The average Bonchev–Trinajstić information content (AvgIpc) is 2.79. The van der Waals surface area contributed by atoms with Gasteiger partial charge in [0.15, 0.2) is 5.13 Å². The second-order valence-corrected chi connectivity index (χ2v) is 6.66. The van der Waals surface area contributed by atoms with Crippen molar-refractivity contribution in [2.45, 2.75) is 51.6 Å². The fourth-order valence-corrected chi connectivity index (χ4v) is 2.99. The molecule has 1 saturated heterocycles. The third-order valence-corrected chi connectivity index (χ3v) is 3.97. The molecule has 4 heteroatoms. The van der Waals surface area contributed by atoms with Crippen molar-refractivity contribution in [2.75, 3.05) is 18.0 Å². The normalized spacial score (nSPS) is 21.8. The largest absolute Gasteiger partial charge is 0.344 e. The summed E-state index contributed by atoms with van der Waals surface area (Å²) in [4.78, 5) is 6.93. The topological polar surface area (TPSA) is 28.2 Å². The van der Waals surface area contributed by atoms with Crippen molar-refractivity contribution in [3.63, 3.8) is 0 Å². The lowest BCUT2D eigenvalue weighted by Gasteiger charge is -2.37. The third kappa shape index (κ3) is 3.68. The predicted octanol–water partition coefficient (Wildman–Crippen LogP) is 2.89. The average molecular weight is 253 g/mol. The van der Waals surface area contributed by atoms with Gasteiger partial charge in [-0.05, 0) is 40.0 Å². The molecule has 1 aliphatic rings. The molecule has 1 aliphatic heterocycles. The van der Waals surface area contributed by atoms with E-state index < -0.39 is 0 Å². The molecule has 0 aromatic carbocycles. The first kappa shape index (κ1) is 12.8. The number of anilines is 1. The van der Waals surface area contributed by atoms with E-state index in [1.165, 1.54) is 24.4 Å². The van der Waals surface area contributed by atoms with E-state index in [0.717, 1.165) is 13.1 Å². The number of rotatable bonds is 3. The molecule has 1 fully saturated rings. The SMILES string of the molecule is CC(C)(C)NCC1CCCCN1c1nccs1. The van der Waals surface area contributed by atoms with Gasteiger partial charge in [0.25, 0.3) is 0 Å². The molecule has 1 N–H and O–H groups in total. The Labute approximate surface area is 108 Å². The zero-order valence-corrected chi connectivity index (χ0v) is 11.9. The molecule has 1 aromatic heterocycles. The standard InChI is InChI=1S/C13H23N3S/c1-13(2,3)15-10-11-6-4-5-8-16(11)12-14-7-9-17-12/h7,9,11,15H,4-6,8,10H2,1-3H3. The summed E-state index contributed by atoms with van der Waals surface area (Å²) in [6.45, 7) is 8.89. The predicted molar refractivity (Wildman–Crippen MR) is 74.9 cm³/mol. The molecule has 0 radical (unpaired) electrons. The first-order chi connectivity index (χ1) is 8.06. The summed E-state index contributed by atoms with van der Waals surface area (Å²) in [5.41, 5.74) is 0.200. The van der Waals surface area contributed by atoms with Gasteiger partial charge < -0.3 is 10.2 Å². The molecule has 1 aromatic rings.